The molecule has 0 fully saturated rings. The Morgan fingerprint density at radius 2 is 2.43 bits per heavy atom. The summed E-state index contributed by atoms with van der Waals surface area (Å²) in [5.41, 5.74) is 1.14. The third-order valence-corrected chi connectivity index (χ3v) is 4.45. The van der Waals surface area contributed by atoms with Crippen LogP contribution in [-0.2, 0) is 22.5 Å². The molecule has 0 spiro atoms. The Morgan fingerprint density at radius 1 is 1.61 bits per heavy atom. The lowest BCUT2D eigenvalue weighted by molar-refractivity contribution is -0.117. The smallest absolute Gasteiger partial charge is 0.263 e. The molecule has 2 N–H and O–H groups in total. The van der Waals surface area contributed by atoms with Gasteiger partial charge >= 0.3 is 0 Å². The standard InChI is InChI=1S/C15H21N5O2S/c1-20-6-4-12-13(10-20)23-15(19-12)18-9-11(8-16)14(21)17-5-3-7-22-2/h9H,3-7,10H2,1-2H3,(H,17,21)(H,18,19)/b11-9-. The van der Waals surface area contributed by atoms with Gasteiger partial charge in [0.05, 0.1) is 5.69 Å². The average Bonchev–Trinajstić information content (AvgIpc) is 2.94. The molecule has 0 radical (unpaired) electrons. The van der Waals surface area contributed by atoms with Crippen LogP contribution in [0, 0.1) is 11.3 Å². The van der Waals surface area contributed by atoms with E-state index in [1.165, 1.54) is 11.1 Å². The minimum Gasteiger partial charge on any atom is -0.385 e. The first-order chi connectivity index (χ1) is 11.1. The number of fused-ring (bicyclic) bond motifs is 1. The lowest BCUT2D eigenvalue weighted by Gasteiger charge is -2.20. The summed E-state index contributed by atoms with van der Waals surface area (Å²) < 4.78 is 4.91. The van der Waals surface area contributed by atoms with Gasteiger partial charge in [-0.05, 0) is 13.5 Å². The molecule has 0 unspecified atom stereocenters. The van der Waals surface area contributed by atoms with E-state index in [1.807, 2.05) is 6.07 Å². The Morgan fingerprint density at radius 3 is 3.17 bits per heavy atom. The van der Waals surface area contributed by atoms with Gasteiger partial charge in [0.25, 0.3) is 5.91 Å². The van der Waals surface area contributed by atoms with Gasteiger partial charge in [-0.2, -0.15) is 5.26 Å². The summed E-state index contributed by atoms with van der Waals surface area (Å²) >= 11 is 1.56. The van der Waals surface area contributed by atoms with Gasteiger partial charge in [0.1, 0.15) is 11.6 Å². The van der Waals surface area contributed by atoms with Gasteiger partial charge in [-0.1, -0.05) is 0 Å². The van der Waals surface area contributed by atoms with Crippen LogP contribution in [-0.4, -0.2) is 49.6 Å². The Hall–Kier alpha value is -1.95. The molecule has 7 nitrogen and oxygen atoms in total. The van der Waals surface area contributed by atoms with Crippen molar-refractivity contribution in [2.75, 3.05) is 39.2 Å². The monoisotopic (exact) mass is 335 g/mol. The second-order valence-electron chi connectivity index (χ2n) is 5.29. The number of rotatable bonds is 7. The molecule has 8 heteroatoms. The number of carbonyl (C=O) groups excluding carboxylic acids is 1. The number of nitrogens with zero attached hydrogens (tertiary/aromatic N) is 3. The zero-order chi connectivity index (χ0) is 16.7. The van der Waals surface area contributed by atoms with Crippen LogP contribution in [0.5, 0.6) is 0 Å². The molecule has 1 aliphatic rings. The molecule has 1 aromatic rings. The third kappa shape index (κ3) is 5.03. The number of anilines is 1. The van der Waals surface area contributed by atoms with Crippen molar-refractivity contribution in [1.82, 2.24) is 15.2 Å². The molecule has 0 aliphatic carbocycles. The predicted octanol–water partition coefficient (Wildman–Crippen LogP) is 1.10. The van der Waals surface area contributed by atoms with E-state index in [1.54, 1.807) is 18.4 Å². The van der Waals surface area contributed by atoms with Crippen molar-refractivity contribution in [3.05, 3.63) is 22.3 Å². The first kappa shape index (κ1) is 17.4. The molecular weight excluding hydrogens is 314 g/mol. The molecule has 124 valence electrons. The van der Waals surface area contributed by atoms with E-state index >= 15 is 0 Å². The van der Waals surface area contributed by atoms with Crippen LogP contribution in [0.3, 0.4) is 0 Å². The molecule has 1 aromatic heterocycles. The summed E-state index contributed by atoms with van der Waals surface area (Å²) in [5, 5.41) is 15.5. The van der Waals surface area contributed by atoms with Crippen molar-refractivity contribution in [3.63, 3.8) is 0 Å². The van der Waals surface area contributed by atoms with Crippen molar-refractivity contribution in [2.24, 2.45) is 0 Å². The number of hydrogen-bond donors (Lipinski definition) is 2. The van der Waals surface area contributed by atoms with E-state index in [2.05, 4.69) is 27.6 Å². The molecule has 0 atom stereocenters. The number of likely N-dealkylation sites (N-methyl/N-ethyl adjacent to an activating group) is 1. The number of amides is 1. The highest BCUT2D eigenvalue weighted by Crippen LogP contribution is 2.27. The number of nitriles is 1. The Balaban J connectivity index is 1.92. The van der Waals surface area contributed by atoms with E-state index in [0.29, 0.717) is 24.7 Å². The van der Waals surface area contributed by atoms with E-state index in [4.69, 9.17) is 10.00 Å². The van der Waals surface area contributed by atoms with Crippen LogP contribution in [0.15, 0.2) is 11.8 Å². The van der Waals surface area contributed by atoms with E-state index < -0.39 is 5.91 Å². The lowest BCUT2D eigenvalue weighted by Crippen LogP contribution is -2.26. The highest BCUT2D eigenvalue weighted by molar-refractivity contribution is 7.15. The summed E-state index contributed by atoms with van der Waals surface area (Å²) in [5.74, 6) is -0.392. The number of nitrogens with one attached hydrogen (secondary N) is 2. The molecule has 0 aromatic carbocycles. The topological polar surface area (TPSA) is 90.3 Å². The van der Waals surface area contributed by atoms with E-state index in [-0.39, 0.29) is 5.57 Å². The normalized spacial score (nSPS) is 14.9. The molecule has 23 heavy (non-hydrogen) atoms. The van der Waals surface area contributed by atoms with Gasteiger partial charge in [0.2, 0.25) is 0 Å². The fourth-order valence-corrected chi connectivity index (χ4v) is 3.24. The van der Waals surface area contributed by atoms with E-state index in [0.717, 1.165) is 25.2 Å². The first-order valence-corrected chi connectivity index (χ1v) is 8.26. The summed E-state index contributed by atoms with van der Waals surface area (Å²) in [7, 11) is 3.69. The molecule has 0 saturated carbocycles. The number of aromatic nitrogens is 1. The van der Waals surface area contributed by atoms with Crippen LogP contribution in [0.25, 0.3) is 0 Å². The van der Waals surface area contributed by atoms with Gasteiger partial charge in [-0.25, -0.2) is 4.98 Å². The quantitative estimate of drug-likeness (QED) is 0.441. The van der Waals surface area contributed by atoms with Gasteiger partial charge in [0, 0.05) is 50.8 Å². The zero-order valence-electron chi connectivity index (χ0n) is 13.4. The molecule has 1 aliphatic heterocycles. The Kier molecular flexibility index (Phi) is 6.52. The second-order valence-corrected chi connectivity index (χ2v) is 6.38. The average molecular weight is 335 g/mol. The lowest BCUT2D eigenvalue weighted by atomic mass is 10.2. The summed E-state index contributed by atoms with van der Waals surface area (Å²) in [6.07, 6.45) is 3.06. The number of carbonyl (C=O) groups is 1. The Labute approximate surface area is 140 Å². The maximum Gasteiger partial charge on any atom is 0.263 e. The van der Waals surface area contributed by atoms with Crippen LogP contribution >= 0.6 is 11.3 Å². The Bertz CT molecular complexity index is 620. The van der Waals surface area contributed by atoms with Crippen molar-refractivity contribution in [1.29, 1.82) is 5.26 Å². The fourth-order valence-electron chi connectivity index (χ4n) is 2.18. The van der Waals surface area contributed by atoms with Crippen molar-refractivity contribution < 1.29 is 9.53 Å². The number of hydrogen-bond acceptors (Lipinski definition) is 7. The number of thiazole rings is 1. The van der Waals surface area contributed by atoms with Gasteiger partial charge < -0.3 is 20.3 Å². The van der Waals surface area contributed by atoms with Crippen LogP contribution < -0.4 is 10.6 Å². The van der Waals surface area contributed by atoms with Crippen LogP contribution in [0.1, 0.15) is 17.0 Å². The van der Waals surface area contributed by atoms with Crippen LogP contribution in [0.4, 0.5) is 5.13 Å². The van der Waals surface area contributed by atoms with Crippen LogP contribution in [0.2, 0.25) is 0 Å². The highest BCUT2D eigenvalue weighted by atomic mass is 32.1. The van der Waals surface area contributed by atoms with E-state index in [9.17, 15) is 4.79 Å². The molecule has 2 heterocycles. The van der Waals surface area contributed by atoms with Gasteiger partial charge in [-0.3, -0.25) is 4.79 Å². The molecule has 1 amide bonds. The molecule has 0 bridgehead atoms. The zero-order valence-corrected chi connectivity index (χ0v) is 14.2. The fraction of sp³-hybridized carbons (Fsp3) is 0.533. The minimum atomic E-state index is -0.392. The molecule has 0 saturated heterocycles. The first-order valence-electron chi connectivity index (χ1n) is 7.45. The highest BCUT2D eigenvalue weighted by Gasteiger charge is 2.18. The molecular formula is C15H21N5O2S. The van der Waals surface area contributed by atoms with Crippen molar-refractivity contribution in [3.8, 4) is 6.07 Å². The predicted molar refractivity (Wildman–Crippen MR) is 89.0 cm³/mol. The maximum absolute atomic E-state index is 11.9. The van der Waals surface area contributed by atoms with Gasteiger partial charge in [-0.15, -0.1) is 11.3 Å². The summed E-state index contributed by atoms with van der Waals surface area (Å²) in [6.45, 7) is 2.94. The minimum absolute atomic E-state index is 0.0349. The third-order valence-electron chi connectivity index (χ3n) is 3.44. The van der Waals surface area contributed by atoms with Crippen molar-refractivity contribution >= 4 is 22.4 Å². The van der Waals surface area contributed by atoms with Crippen molar-refractivity contribution in [2.45, 2.75) is 19.4 Å². The summed E-state index contributed by atoms with van der Waals surface area (Å²) in [6, 6.07) is 1.91. The SMILES string of the molecule is COCCCNC(=O)/C(C#N)=C\Nc1nc2c(s1)CN(C)CC2. The number of ether oxygens (including phenoxy) is 1. The van der Waals surface area contributed by atoms with Gasteiger partial charge in [0.15, 0.2) is 5.13 Å². The largest absolute Gasteiger partial charge is 0.385 e. The number of methoxy groups -OCH3 is 1. The second kappa shape index (κ2) is 8.62. The maximum atomic E-state index is 11.9. The molecule has 2 rings (SSSR count). The summed E-state index contributed by atoms with van der Waals surface area (Å²) in [4.78, 5) is 19.9.